The van der Waals surface area contributed by atoms with Gasteiger partial charge in [-0.15, -0.1) is 0 Å². The Kier molecular flexibility index (Phi) is 5.97. The molecule has 0 saturated carbocycles. The van der Waals surface area contributed by atoms with Gasteiger partial charge in [0.2, 0.25) is 0 Å². The van der Waals surface area contributed by atoms with E-state index in [0.29, 0.717) is 11.4 Å². The lowest BCUT2D eigenvalue weighted by atomic mass is 10.3. The number of benzene rings is 2. The lowest BCUT2D eigenvalue weighted by Crippen LogP contribution is -2.23. The zero-order valence-electron chi connectivity index (χ0n) is 11.6. The predicted molar refractivity (Wildman–Crippen MR) is 85.7 cm³/mol. The highest BCUT2D eigenvalue weighted by atomic mass is 79.9. The van der Waals surface area contributed by atoms with Crippen molar-refractivity contribution < 1.29 is 19.1 Å². The number of hydrogen-bond donors (Lipinski definition) is 1. The zero-order valence-corrected chi connectivity index (χ0v) is 13.2. The Labute approximate surface area is 136 Å². The van der Waals surface area contributed by atoms with E-state index in [1.165, 1.54) is 0 Å². The van der Waals surface area contributed by atoms with Crippen LogP contribution in [-0.4, -0.2) is 25.1 Å². The topological polar surface area (TPSA) is 64.6 Å². The van der Waals surface area contributed by atoms with Gasteiger partial charge in [0.1, 0.15) is 5.75 Å². The van der Waals surface area contributed by atoms with E-state index in [4.69, 9.17) is 9.47 Å². The van der Waals surface area contributed by atoms with Gasteiger partial charge in [0.05, 0.1) is 0 Å². The normalized spacial score (nSPS) is 9.86. The van der Waals surface area contributed by atoms with Gasteiger partial charge in [-0.05, 0) is 36.4 Å². The van der Waals surface area contributed by atoms with Crippen LogP contribution in [0.5, 0.6) is 5.75 Å². The molecule has 2 aromatic carbocycles. The number of nitrogens with one attached hydrogen (secondary N) is 1. The summed E-state index contributed by atoms with van der Waals surface area (Å²) in [6, 6.07) is 16.0. The average molecular weight is 364 g/mol. The minimum atomic E-state index is -0.605. The number of rotatable bonds is 6. The summed E-state index contributed by atoms with van der Waals surface area (Å²) in [7, 11) is 0. The molecule has 2 aromatic rings. The van der Waals surface area contributed by atoms with Gasteiger partial charge < -0.3 is 14.8 Å². The van der Waals surface area contributed by atoms with Crippen molar-refractivity contribution in [2.45, 2.75) is 0 Å². The first kappa shape index (κ1) is 16.0. The standard InChI is InChI=1S/C16H14BrNO4/c17-12-6-8-14(9-7-12)21-11-16(20)22-10-15(19)18-13-4-2-1-3-5-13/h1-9H,10-11H2,(H,18,19). The number of ether oxygens (including phenoxy) is 2. The number of anilines is 1. The third-order valence-electron chi connectivity index (χ3n) is 2.59. The fourth-order valence-corrected chi connectivity index (χ4v) is 1.84. The van der Waals surface area contributed by atoms with Crippen LogP contribution in [0.4, 0.5) is 5.69 Å². The second-order valence-corrected chi connectivity index (χ2v) is 5.23. The summed E-state index contributed by atoms with van der Waals surface area (Å²) in [6.07, 6.45) is 0. The number of hydrogen-bond acceptors (Lipinski definition) is 4. The lowest BCUT2D eigenvalue weighted by molar-refractivity contribution is -0.149. The van der Waals surface area contributed by atoms with Gasteiger partial charge in [0.15, 0.2) is 13.2 Å². The second-order valence-electron chi connectivity index (χ2n) is 4.32. The monoisotopic (exact) mass is 363 g/mol. The van der Waals surface area contributed by atoms with Crippen molar-refractivity contribution in [3.05, 3.63) is 59.1 Å². The smallest absolute Gasteiger partial charge is 0.344 e. The Bertz CT molecular complexity index is 628. The molecule has 0 fully saturated rings. The third-order valence-corrected chi connectivity index (χ3v) is 3.12. The first-order valence-corrected chi connectivity index (χ1v) is 7.31. The van der Waals surface area contributed by atoms with Gasteiger partial charge in [-0.2, -0.15) is 0 Å². The van der Waals surface area contributed by atoms with Crippen LogP contribution in [0, 0.1) is 0 Å². The molecule has 0 spiro atoms. The molecular formula is C16H14BrNO4. The van der Waals surface area contributed by atoms with E-state index < -0.39 is 11.9 Å². The maximum absolute atomic E-state index is 11.6. The number of carbonyl (C=O) groups is 2. The van der Waals surface area contributed by atoms with Crippen LogP contribution in [0.1, 0.15) is 0 Å². The van der Waals surface area contributed by atoms with Crippen molar-refractivity contribution in [2.24, 2.45) is 0 Å². The highest BCUT2D eigenvalue weighted by Crippen LogP contribution is 2.15. The fourth-order valence-electron chi connectivity index (χ4n) is 1.58. The minimum absolute atomic E-state index is 0.250. The van der Waals surface area contributed by atoms with Crippen molar-refractivity contribution in [1.29, 1.82) is 0 Å². The van der Waals surface area contributed by atoms with E-state index in [0.717, 1.165) is 4.47 Å². The zero-order chi connectivity index (χ0) is 15.8. The number of amides is 1. The number of esters is 1. The summed E-state index contributed by atoms with van der Waals surface area (Å²) >= 11 is 3.30. The Morgan fingerprint density at radius 3 is 2.32 bits per heavy atom. The highest BCUT2D eigenvalue weighted by Gasteiger charge is 2.08. The predicted octanol–water partition coefficient (Wildman–Crippen LogP) is 3.01. The Morgan fingerprint density at radius 2 is 1.64 bits per heavy atom. The quantitative estimate of drug-likeness (QED) is 0.801. The molecule has 0 aliphatic heterocycles. The summed E-state index contributed by atoms with van der Waals surface area (Å²) in [5, 5.41) is 2.62. The molecule has 2 rings (SSSR count). The van der Waals surface area contributed by atoms with Crippen molar-refractivity contribution in [2.75, 3.05) is 18.5 Å². The molecule has 0 aromatic heterocycles. The largest absolute Gasteiger partial charge is 0.482 e. The molecule has 1 N–H and O–H groups in total. The number of para-hydroxylation sites is 1. The summed E-state index contributed by atoms with van der Waals surface area (Å²) < 4.78 is 11.0. The van der Waals surface area contributed by atoms with Crippen molar-refractivity contribution in [3.63, 3.8) is 0 Å². The molecule has 0 heterocycles. The fraction of sp³-hybridized carbons (Fsp3) is 0.125. The molecule has 0 radical (unpaired) electrons. The van der Waals surface area contributed by atoms with Crippen LogP contribution in [0.15, 0.2) is 59.1 Å². The van der Waals surface area contributed by atoms with Crippen LogP contribution in [-0.2, 0) is 14.3 Å². The number of carbonyl (C=O) groups excluding carboxylic acids is 2. The van der Waals surface area contributed by atoms with Gasteiger partial charge in [-0.3, -0.25) is 4.79 Å². The Balaban J connectivity index is 1.69. The van der Waals surface area contributed by atoms with Crippen LogP contribution in [0.2, 0.25) is 0 Å². The van der Waals surface area contributed by atoms with Crippen LogP contribution in [0.25, 0.3) is 0 Å². The Morgan fingerprint density at radius 1 is 0.955 bits per heavy atom. The van der Waals surface area contributed by atoms with Gasteiger partial charge >= 0.3 is 5.97 Å². The maximum atomic E-state index is 11.6. The first-order valence-electron chi connectivity index (χ1n) is 6.52. The van der Waals surface area contributed by atoms with E-state index in [2.05, 4.69) is 21.2 Å². The number of halogens is 1. The van der Waals surface area contributed by atoms with Gasteiger partial charge in [0.25, 0.3) is 5.91 Å². The SMILES string of the molecule is O=C(COC(=O)COc1ccc(Br)cc1)Nc1ccccc1. The summed E-state index contributed by atoms with van der Waals surface area (Å²) in [4.78, 5) is 23.1. The first-order chi connectivity index (χ1) is 10.6. The van der Waals surface area contributed by atoms with E-state index in [1.54, 1.807) is 48.5 Å². The average Bonchev–Trinajstić information content (AvgIpc) is 2.53. The molecule has 0 unspecified atom stereocenters. The molecule has 0 atom stereocenters. The van der Waals surface area contributed by atoms with E-state index >= 15 is 0 Å². The second kappa shape index (κ2) is 8.19. The van der Waals surface area contributed by atoms with Crippen molar-refractivity contribution in [3.8, 4) is 5.75 Å². The molecule has 6 heteroatoms. The molecule has 0 saturated heterocycles. The molecule has 22 heavy (non-hydrogen) atoms. The summed E-state index contributed by atoms with van der Waals surface area (Å²) in [5.74, 6) is -0.455. The molecule has 0 aliphatic rings. The highest BCUT2D eigenvalue weighted by molar-refractivity contribution is 9.10. The minimum Gasteiger partial charge on any atom is -0.482 e. The molecule has 1 amide bonds. The lowest BCUT2D eigenvalue weighted by Gasteiger charge is -2.08. The van der Waals surface area contributed by atoms with E-state index in [9.17, 15) is 9.59 Å². The van der Waals surface area contributed by atoms with Gasteiger partial charge in [-0.25, -0.2) is 4.79 Å². The third kappa shape index (κ3) is 5.57. The van der Waals surface area contributed by atoms with Gasteiger partial charge in [-0.1, -0.05) is 34.1 Å². The van der Waals surface area contributed by atoms with Crippen LogP contribution < -0.4 is 10.1 Å². The van der Waals surface area contributed by atoms with Crippen molar-refractivity contribution >= 4 is 33.5 Å². The molecular weight excluding hydrogens is 350 g/mol. The molecule has 5 nitrogen and oxygen atoms in total. The van der Waals surface area contributed by atoms with E-state index in [-0.39, 0.29) is 13.2 Å². The van der Waals surface area contributed by atoms with Crippen LogP contribution >= 0.6 is 15.9 Å². The van der Waals surface area contributed by atoms with Gasteiger partial charge in [0, 0.05) is 10.2 Å². The van der Waals surface area contributed by atoms with Crippen LogP contribution in [0.3, 0.4) is 0 Å². The maximum Gasteiger partial charge on any atom is 0.344 e. The Hall–Kier alpha value is -2.34. The summed E-state index contributed by atoms with van der Waals surface area (Å²) in [6.45, 7) is -0.600. The summed E-state index contributed by atoms with van der Waals surface area (Å²) in [5.41, 5.74) is 0.648. The van der Waals surface area contributed by atoms with E-state index in [1.807, 2.05) is 6.07 Å². The molecule has 0 bridgehead atoms. The molecule has 0 aliphatic carbocycles. The molecule has 114 valence electrons. The van der Waals surface area contributed by atoms with Crippen molar-refractivity contribution in [1.82, 2.24) is 0 Å².